The molecule has 0 heterocycles. The minimum atomic E-state index is -0.580. The highest BCUT2D eigenvalue weighted by Crippen LogP contribution is 2.04. The monoisotopic (exact) mass is 195 g/mol. The Bertz CT molecular complexity index is 313. The van der Waals surface area contributed by atoms with Gasteiger partial charge >= 0.3 is 5.97 Å². The number of methoxy groups -OCH3 is 1. The third-order valence-electron chi connectivity index (χ3n) is 1.48. The highest BCUT2D eigenvalue weighted by Gasteiger charge is 2.07. The average molecular weight is 195 g/mol. The van der Waals surface area contributed by atoms with Crippen molar-refractivity contribution in [3.05, 3.63) is 36.0 Å². The number of esters is 1. The van der Waals surface area contributed by atoms with Crippen molar-refractivity contribution < 1.29 is 14.3 Å². The van der Waals surface area contributed by atoms with Crippen LogP contribution in [-0.4, -0.2) is 19.0 Å². The van der Waals surface area contributed by atoms with Gasteiger partial charge in [0.1, 0.15) is 0 Å². The van der Waals surface area contributed by atoms with E-state index in [-0.39, 0.29) is 11.1 Å². The molecule has 4 heteroatoms. The van der Waals surface area contributed by atoms with Crippen LogP contribution < -0.4 is 5.73 Å². The maximum atomic E-state index is 11.1. The predicted molar refractivity (Wildman–Crippen MR) is 53.2 cm³/mol. The summed E-state index contributed by atoms with van der Waals surface area (Å²) >= 11 is 0. The van der Waals surface area contributed by atoms with E-state index < -0.39 is 11.9 Å². The number of hydrogen-bond acceptors (Lipinski definition) is 3. The van der Waals surface area contributed by atoms with E-state index in [2.05, 4.69) is 11.3 Å². The van der Waals surface area contributed by atoms with Crippen LogP contribution in [0.15, 0.2) is 36.0 Å². The van der Waals surface area contributed by atoms with Crippen LogP contribution in [0.3, 0.4) is 0 Å². The summed E-state index contributed by atoms with van der Waals surface area (Å²) in [6.45, 7) is 4.96. The number of carbonyl (C=O) groups is 2. The van der Waals surface area contributed by atoms with E-state index in [1.165, 1.54) is 32.3 Å². The molecule has 1 amide bonds. The summed E-state index contributed by atoms with van der Waals surface area (Å²) in [5.41, 5.74) is 5.53. The minimum Gasteiger partial charge on any atom is -0.465 e. The van der Waals surface area contributed by atoms with Gasteiger partial charge in [0.25, 0.3) is 0 Å². The zero-order valence-electron chi connectivity index (χ0n) is 8.24. The van der Waals surface area contributed by atoms with E-state index >= 15 is 0 Å². The Hall–Kier alpha value is -1.84. The van der Waals surface area contributed by atoms with Gasteiger partial charge in [-0.2, -0.15) is 0 Å². The third-order valence-corrected chi connectivity index (χ3v) is 1.48. The first kappa shape index (κ1) is 12.2. The van der Waals surface area contributed by atoms with Gasteiger partial charge in [-0.25, -0.2) is 4.79 Å². The maximum absolute atomic E-state index is 11.1. The van der Waals surface area contributed by atoms with Gasteiger partial charge in [0.2, 0.25) is 5.91 Å². The lowest BCUT2D eigenvalue weighted by Gasteiger charge is -2.00. The molecule has 0 radical (unpaired) electrons. The molecule has 0 aliphatic rings. The Morgan fingerprint density at radius 3 is 2.36 bits per heavy atom. The summed E-state index contributed by atoms with van der Waals surface area (Å²) in [6.07, 6.45) is 4.23. The Morgan fingerprint density at radius 2 is 2.00 bits per heavy atom. The first-order chi connectivity index (χ1) is 6.52. The fourth-order valence-corrected chi connectivity index (χ4v) is 0.724. The van der Waals surface area contributed by atoms with Gasteiger partial charge < -0.3 is 10.5 Å². The molecule has 0 atom stereocenters. The number of carbonyl (C=O) groups excluding carboxylic acids is 2. The molecule has 0 unspecified atom stereocenters. The summed E-state index contributed by atoms with van der Waals surface area (Å²) in [6, 6.07) is 0. The van der Waals surface area contributed by atoms with Crippen LogP contribution in [0.1, 0.15) is 6.92 Å². The van der Waals surface area contributed by atoms with Crippen molar-refractivity contribution in [2.45, 2.75) is 6.92 Å². The van der Waals surface area contributed by atoms with E-state index in [0.717, 1.165) is 0 Å². The van der Waals surface area contributed by atoms with Crippen LogP contribution in [0.25, 0.3) is 0 Å². The minimum absolute atomic E-state index is 0.235. The van der Waals surface area contributed by atoms with Crippen molar-refractivity contribution >= 4 is 11.9 Å². The zero-order chi connectivity index (χ0) is 11.1. The van der Waals surface area contributed by atoms with E-state index in [4.69, 9.17) is 5.73 Å². The first-order valence-corrected chi connectivity index (χ1v) is 3.92. The molecule has 14 heavy (non-hydrogen) atoms. The Labute approximate surface area is 82.7 Å². The SMILES string of the molecule is C=C/C=C(\C=C(/C)C(N)=O)C(=O)OC. The molecule has 4 nitrogen and oxygen atoms in total. The second-order valence-electron chi connectivity index (χ2n) is 2.54. The zero-order valence-corrected chi connectivity index (χ0v) is 8.24. The van der Waals surface area contributed by atoms with E-state index in [1.807, 2.05) is 0 Å². The van der Waals surface area contributed by atoms with Gasteiger partial charge in [-0.05, 0) is 19.1 Å². The standard InChI is InChI=1S/C10H13NO3/c1-4-5-8(10(13)14-3)6-7(2)9(11)12/h4-6H,1H2,2-3H3,(H2,11,12)/b7-6+,8-5+. The second-order valence-corrected chi connectivity index (χ2v) is 2.54. The molecule has 0 rings (SSSR count). The topological polar surface area (TPSA) is 69.4 Å². The number of amides is 1. The summed E-state index contributed by atoms with van der Waals surface area (Å²) in [4.78, 5) is 21.8. The predicted octanol–water partition coefficient (Wildman–Crippen LogP) is 0.703. The molecule has 0 bridgehead atoms. The Balaban J connectivity index is 4.97. The number of nitrogens with two attached hydrogens (primary N) is 1. The largest absolute Gasteiger partial charge is 0.465 e. The lowest BCUT2D eigenvalue weighted by molar-refractivity contribution is -0.135. The Kier molecular flexibility index (Phi) is 4.99. The lowest BCUT2D eigenvalue weighted by atomic mass is 10.1. The number of allylic oxidation sites excluding steroid dienone is 2. The summed E-state index contributed by atoms with van der Waals surface area (Å²) < 4.78 is 4.49. The van der Waals surface area contributed by atoms with Gasteiger partial charge in [-0.1, -0.05) is 12.7 Å². The second kappa shape index (κ2) is 5.75. The fraction of sp³-hybridized carbons (Fsp3) is 0.200. The average Bonchev–Trinajstić information content (AvgIpc) is 2.15. The quantitative estimate of drug-likeness (QED) is 0.408. The molecule has 0 aliphatic carbocycles. The highest BCUT2D eigenvalue weighted by atomic mass is 16.5. The van der Waals surface area contributed by atoms with Crippen molar-refractivity contribution in [1.82, 2.24) is 0 Å². The summed E-state index contributed by atoms with van der Waals surface area (Å²) in [5, 5.41) is 0. The molecular formula is C10H13NO3. The summed E-state index contributed by atoms with van der Waals surface area (Å²) in [7, 11) is 1.26. The molecule has 0 saturated carbocycles. The molecule has 76 valence electrons. The molecule has 0 aromatic carbocycles. The van der Waals surface area contributed by atoms with Crippen molar-refractivity contribution in [3.63, 3.8) is 0 Å². The molecule has 0 aromatic heterocycles. The number of primary amides is 1. The van der Waals surface area contributed by atoms with Gasteiger partial charge in [-0.3, -0.25) is 4.79 Å². The molecule has 0 saturated heterocycles. The van der Waals surface area contributed by atoms with Gasteiger partial charge in [0, 0.05) is 5.57 Å². The van der Waals surface area contributed by atoms with Crippen molar-refractivity contribution in [2.24, 2.45) is 5.73 Å². The molecule has 0 spiro atoms. The molecule has 0 aliphatic heterocycles. The van der Waals surface area contributed by atoms with Crippen LogP contribution in [0.4, 0.5) is 0 Å². The number of hydrogen-bond donors (Lipinski definition) is 1. The van der Waals surface area contributed by atoms with Crippen LogP contribution in [0.5, 0.6) is 0 Å². The van der Waals surface area contributed by atoms with Crippen LogP contribution in [0, 0.1) is 0 Å². The van der Waals surface area contributed by atoms with Crippen LogP contribution in [0.2, 0.25) is 0 Å². The van der Waals surface area contributed by atoms with Crippen molar-refractivity contribution in [2.75, 3.05) is 7.11 Å². The molecular weight excluding hydrogens is 182 g/mol. The van der Waals surface area contributed by atoms with Gasteiger partial charge in [0.05, 0.1) is 12.7 Å². The molecule has 2 N–H and O–H groups in total. The van der Waals surface area contributed by atoms with E-state index in [9.17, 15) is 9.59 Å². The van der Waals surface area contributed by atoms with Crippen molar-refractivity contribution in [3.8, 4) is 0 Å². The normalized spacial score (nSPS) is 12.1. The third kappa shape index (κ3) is 3.71. The van der Waals surface area contributed by atoms with Gasteiger partial charge in [-0.15, -0.1) is 0 Å². The smallest absolute Gasteiger partial charge is 0.337 e. The first-order valence-electron chi connectivity index (χ1n) is 3.92. The van der Waals surface area contributed by atoms with E-state index in [0.29, 0.717) is 0 Å². The molecule has 0 aromatic rings. The van der Waals surface area contributed by atoms with Crippen molar-refractivity contribution in [1.29, 1.82) is 0 Å². The van der Waals surface area contributed by atoms with Crippen LogP contribution >= 0.6 is 0 Å². The number of rotatable bonds is 4. The number of ether oxygens (including phenoxy) is 1. The highest BCUT2D eigenvalue weighted by molar-refractivity contribution is 5.97. The maximum Gasteiger partial charge on any atom is 0.337 e. The summed E-state index contributed by atoms with van der Waals surface area (Å²) in [5.74, 6) is -1.12. The van der Waals surface area contributed by atoms with Crippen LogP contribution in [-0.2, 0) is 14.3 Å². The molecule has 0 fully saturated rings. The van der Waals surface area contributed by atoms with Gasteiger partial charge in [0.15, 0.2) is 0 Å². The fourth-order valence-electron chi connectivity index (χ4n) is 0.724. The lowest BCUT2D eigenvalue weighted by Crippen LogP contribution is -2.13. The Morgan fingerprint density at radius 1 is 1.43 bits per heavy atom. The van der Waals surface area contributed by atoms with E-state index in [1.54, 1.807) is 0 Å².